The first kappa shape index (κ1) is 44.7. The topological polar surface area (TPSA) is 169 Å². The van der Waals surface area contributed by atoms with Gasteiger partial charge in [0.2, 0.25) is 5.91 Å². The van der Waals surface area contributed by atoms with Crippen molar-refractivity contribution < 1.29 is 44.9 Å². The Kier molecular flexibility index (Phi) is 27.3. The molecule has 1 aliphatic rings. The first-order valence-electron chi connectivity index (χ1n) is 19.2. The summed E-state index contributed by atoms with van der Waals surface area (Å²) in [6, 6.07) is -0.989. The van der Waals surface area contributed by atoms with Gasteiger partial charge in [0.15, 0.2) is 6.29 Å². The predicted molar refractivity (Wildman–Crippen MR) is 190 cm³/mol. The fourth-order valence-corrected chi connectivity index (χ4v) is 5.88. The van der Waals surface area contributed by atoms with E-state index in [0.717, 1.165) is 32.1 Å². The summed E-state index contributed by atoms with van der Waals surface area (Å²) in [6.07, 6.45) is 21.3. The van der Waals surface area contributed by atoms with Crippen molar-refractivity contribution in [2.75, 3.05) is 13.2 Å². The van der Waals surface area contributed by atoms with E-state index in [9.17, 15) is 35.4 Å². The molecule has 0 aromatic heterocycles. The molecule has 1 aliphatic heterocycles. The Bertz CT molecular complexity index is 824. The molecule has 0 saturated carbocycles. The Hall–Kier alpha value is -1.37. The smallest absolute Gasteiger partial charge is 0.249 e. The van der Waals surface area contributed by atoms with Gasteiger partial charge in [0.05, 0.1) is 25.4 Å². The van der Waals surface area contributed by atoms with Crippen LogP contribution in [0.25, 0.3) is 0 Å². The van der Waals surface area contributed by atoms with Crippen molar-refractivity contribution in [3.63, 3.8) is 0 Å². The van der Waals surface area contributed by atoms with Gasteiger partial charge in [0.25, 0.3) is 0 Å². The second kappa shape index (κ2) is 29.4. The molecule has 1 amide bonds. The van der Waals surface area contributed by atoms with Gasteiger partial charge < -0.3 is 45.4 Å². The first-order chi connectivity index (χ1) is 23.3. The van der Waals surface area contributed by atoms with Crippen molar-refractivity contribution in [3.05, 3.63) is 24.3 Å². The Morgan fingerprint density at radius 3 is 1.81 bits per heavy atom. The number of allylic oxidation sites excluding steroid dienone is 3. The molecule has 282 valence electrons. The molecule has 10 nitrogen and oxygen atoms in total. The number of amides is 1. The highest BCUT2D eigenvalue weighted by Crippen LogP contribution is 2.22. The number of aliphatic hydroxyl groups is 6. The molecule has 1 fully saturated rings. The van der Waals surface area contributed by atoms with E-state index in [1.807, 2.05) is 6.08 Å². The van der Waals surface area contributed by atoms with Crippen molar-refractivity contribution in [2.24, 2.45) is 0 Å². The summed E-state index contributed by atoms with van der Waals surface area (Å²) in [5, 5.41) is 64.2. The van der Waals surface area contributed by atoms with Crippen LogP contribution in [0.1, 0.15) is 149 Å². The molecule has 8 unspecified atom stereocenters. The first-order valence-corrected chi connectivity index (χ1v) is 19.2. The molecule has 0 spiro atoms. The molecule has 0 aromatic carbocycles. The second-order valence-corrected chi connectivity index (χ2v) is 13.5. The molecule has 7 N–H and O–H groups in total. The van der Waals surface area contributed by atoms with Crippen LogP contribution in [0.3, 0.4) is 0 Å². The van der Waals surface area contributed by atoms with Crippen molar-refractivity contribution in [1.82, 2.24) is 5.32 Å². The van der Waals surface area contributed by atoms with E-state index in [1.165, 1.54) is 83.5 Å². The number of hydrogen-bond donors (Lipinski definition) is 7. The van der Waals surface area contributed by atoms with Gasteiger partial charge in [-0.3, -0.25) is 4.79 Å². The number of aliphatic hydroxyl groups excluding tert-OH is 6. The maximum absolute atomic E-state index is 12.9. The third-order valence-electron chi connectivity index (χ3n) is 9.14. The molecule has 0 aromatic rings. The average molecular weight is 686 g/mol. The van der Waals surface area contributed by atoms with Crippen LogP contribution in [-0.2, 0) is 14.3 Å². The zero-order valence-electron chi connectivity index (χ0n) is 30.1. The third kappa shape index (κ3) is 20.3. The Morgan fingerprint density at radius 2 is 1.23 bits per heavy atom. The standard InChI is InChI=1S/C38H71NO9/c1-3-5-7-9-11-13-15-17-19-21-23-25-27-32(42)37(46)39-30(29-47-38-36(45)35(44)34(43)33(28-40)48-38)31(41)26-24-22-20-18-16-14-12-10-8-6-4-2/h16,18,24,26,30-36,38,40-45H,3-15,17,19-23,25,27-29H2,1-2H3,(H,39,46)/b18-16+,26-24+. The summed E-state index contributed by atoms with van der Waals surface area (Å²) in [5.74, 6) is -0.630. The molecule has 1 saturated heterocycles. The molecular weight excluding hydrogens is 614 g/mol. The Morgan fingerprint density at radius 1 is 0.708 bits per heavy atom. The summed E-state index contributed by atoms with van der Waals surface area (Å²) in [7, 11) is 0. The summed E-state index contributed by atoms with van der Waals surface area (Å²) < 4.78 is 11.0. The minimum Gasteiger partial charge on any atom is -0.394 e. The molecule has 0 radical (unpaired) electrons. The molecule has 1 heterocycles. The number of rotatable bonds is 30. The highest BCUT2D eigenvalue weighted by atomic mass is 16.7. The predicted octanol–water partition coefficient (Wildman–Crippen LogP) is 5.35. The summed E-state index contributed by atoms with van der Waals surface area (Å²) >= 11 is 0. The van der Waals surface area contributed by atoms with Crippen LogP contribution >= 0.6 is 0 Å². The zero-order valence-corrected chi connectivity index (χ0v) is 30.1. The average Bonchev–Trinajstić information content (AvgIpc) is 3.08. The minimum atomic E-state index is -1.61. The van der Waals surface area contributed by atoms with Crippen LogP contribution in [0, 0.1) is 0 Å². The highest BCUT2D eigenvalue weighted by Gasteiger charge is 2.44. The van der Waals surface area contributed by atoms with Gasteiger partial charge in [-0.2, -0.15) is 0 Å². The maximum Gasteiger partial charge on any atom is 0.249 e. The number of hydrogen-bond acceptors (Lipinski definition) is 9. The zero-order chi connectivity index (χ0) is 35.4. The van der Waals surface area contributed by atoms with Crippen LogP contribution in [0.5, 0.6) is 0 Å². The van der Waals surface area contributed by atoms with Crippen molar-refractivity contribution >= 4 is 5.91 Å². The molecule has 0 aliphatic carbocycles. The Balaban J connectivity index is 2.56. The quantitative estimate of drug-likeness (QED) is 0.0389. The van der Waals surface area contributed by atoms with Gasteiger partial charge in [-0.1, -0.05) is 141 Å². The lowest BCUT2D eigenvalue weighted by molar-refractivity contribution is -0.302. The van der Waals surface area contributed by atoms with Crippen LogP contribution in [0.15, 0.2) is 24.3 Å². The van der Waals surface area contributed by atoms with E-state index in [0.29, 0.717) is 19.3 Å². The van der Waals surface area contributed by atoms with Crippen LogP contribution < -0.4 is 5.32 Å². The second-order valence-electron chi connectivity index (χ2n) is 13.5. The molecule has 1 rings (SSSR count). The fourth-order valence-electron chi connectivity index (χ4n) is 5.88. The number of carbonyl (C=O) groups excluding carboxylic acids is 1. The van der Waals surface area contributed by atoms with E-state index in [1.54, 1.807) is 6.08 Å². The van der Waals surface area contributed by atoms with E-state index in [2.05, 4.69) is 31.3 Å². The third-order valence-corrected chi connectivity index (χ3v) is 9.14. The number of unbranched alkanes of at least 4 members (excludes halogenated alkanes) is 17. The van der Waals surface area contributed by atoms with E-state index < -0.39 is 61.5 Å². The maximum atomic E-state index is 12.9. The van der Waals surface area contributed by atoms with E-state index >= 15 is 0 Å². The lowest BCUT2D eigenvalue weighted by Gasteiger charge is -2.40. The number of ether oxygens (including phenoxy) is 2. The lowest BCUT2D eigenvalue weighted by atomic mass is 9.99. The molecule has 8 atom stereocenters. The molecular formula is C38H71NO9. The van der Waals surface area contributed by atoms with Gasteiger partial charge in [-0.25, -0.2) is 0 Å². The highest BCUT2D eigenvalue weighted by molar-refractivity contribution is 5.80. The monoisotopic (exact) mass is 686 g/mol. The van der Waals surface area contributed by atoms with Crippen molar-refractivity contribution in [1.29, 1.82) is 0 Å². The van der Waals surface area contributed by atoms with Gasteiger partial charge in [-0.05, 0) is 32.1 Å². The van der Waals surface area contributed by atoms with Crippen molar-refractivity contribution in [2.45, 2.75) is 198 Å². The fraction of sp³-hybridized carbons (Fsp3) is 0.868. The van der Waals surface area contributed by atoms with Crippen LogP contribution in [-0.4, -0.2) is 98.7 Å². The van der Waals surface area contributed by atoms with Gasteiger partial charge in [0.1, 0.15) is 30.5 Å². The largest absolute Gasteiger partial charge is 0.394 e. The minimum absolute atomic E-state index is 0.306. The Labute approximate surface area is 291 Å². The van der Waals surface area contributed by atoms with E-state index in [4.69, 9.17) is 9.47 Å². The molecule has 10 heteroatoms. The molecule has 48 heavy (non-hydrogen) atoms. The van der Waals surface area contributed by atoms with Gasteiger partial charge in [-0.15, -0.1) is 0 Å². The summed E-state index contributed by atoms with van der Waals surface area (Å²) in [5.41, 5.74) is 0. The van der Waals surface area contributed by atoms with Gasteiger partial charge in [0, 0.05) is 0 Å². The van der Waals surface area contributed by atoms with Crippen molar-refractivity contribution in [3.8, 4) is 0 Å². The number of nitrogens with one attached hydrogen (secondary N) is 1. The summed E-state index contributed by atoms with van der Waals surface area (Å²) in [4.78, 5) is 12.9. The summed E-state index contributed by atoms with van der Waals surface area (Å²) in [6.45, 7) is 3.52. The number of carbonyl (C=O) groups is 1. The molecule has 0 bridgehead atoms. The normalized spacial score (nSPS) is 23.5. The van der Waals surface area contributed by atoms with Crippen LogP contribution in [0.2, 0.25) is 0 Å². The van der Waals surface area contributed by atoms with E-state index in [-0.39, 0.29) is 6.61 Å². The van der Waals surface area contributed by atoms with Crippen LogP contribution in [0.4, 0.5) is 0 Å². The van der Waals surface area contributed by atoms with Gasteiger partial charge >= 0.3 is 0 Å². The SMILES string of the molecule is CCCCCCC/C=C/CC/C=C/C(O)C(COC1OC(CO)C(O)C(O)C1O)NC(=O)C(O)CCCCCCCCCCCCCC. The lowest BCUT2D eigenvalue weighted by Crippen LogP contribution is -2.60.